The third-order valence-electron chi connectivity index (χ3n) is 4.06. The zero-order valence-corrected chi connectivity index (χ0v) is 15.1. The van der Waals surface area contributed by atoms with Gasteiger partial charge in [-0.25, -0.2) is 0 Å². The quantitative estimate of drug-likeness (QED) is 0.591. The molecule has 2 unspecified atom stereocenters. The number of aliphatic hydroxyl groups is 1. The Morgan fingerprint density at radius 1 is 1.22 bits per heavy atom. The summed E-state index contributed by atoms with van der Waals surface area (Å²) in [6, 6.07) is 7.31. The van der Waals surface area contributed by atoms with Crippen molar-refractivity contribution < 1.29 is 9.90 Å². The normalized spacial score (nSPS) is 14.4. The minimum atomic E-state index is -0.574. The minimum absolute atomic E-state index is 0.00679. The topological polar surface area (TPSA) is 37.3 Å². The van der Waals surface area contributed by atoms with E-state index in [9.17, 15) is 9.90 Å². The molecule has 0 heterocycles. The molecule has 0 aromatic heterocycles. The summed E-state index contributed by atoms with van der Waals surface area (Å²) in [6.45, 7) is 9.68. The number of hydrogen-bond donors (Lipinski definition) is 1. The number of rotatable bonds is 9. The number of aliphatic hydroxyl groups excluding tert-OH is 1. The fourth-order valence-electron chi connectivity index (χ4n) is 2.57. The molecule has 0 radical (unpaired) electrons. The minimum Gasteiger partial charge on any atom is -0.388 e. The first-order chi connectivity index (χ1) is 10.8. The van der Waals surface area contributed by atoms with Crippen molar-refractivity contribution in [1.29, 1.82) is 0 Å². The van der Waals surface area contributed by atoms with Crippen LogP contribution < -0.4 is 0 Å². The number of halogens is 1. The van der Waals surface area contributed by atoms with Gasteiger partial charge < -0.3 is 9.90 Å². The summed E-state index contributed by atoms with van der Waals surface area (Å²) in [5, 5.41) is 11.3. The number of benzene rings is 1. The van der Waals surface area contributed by atoms with E-state index in [4.69, 9.17) is 11.6 Å². The van der Waals surface area contributed by atoms with Gasteiger partial charge in [-0.3, -0.25) is 0 Å². The molecule has 0 saturated carbocycles. The molecule has 1 N–H and O–H groups in total. The van der Waals surface area contributed by atoms with Crippen LogP contribution >= 0.6 is 11.6 Å². The lowest BCUT2D eigenvalue weighted by molar-refractivity contribution is -0.116. The number of allylic oxidation sites excluding steroid dienone is 2. The van der Waals surface area contributed by atoms with E-state index in [2.05, 4.69) is 19.6 Å². The van der Waals surface area contributed by atoms with E-state index >= 15 is 0 Å². The maximum absolute atomic E-state index is 11.0. The van der Waals surface area contributed by atoms with E-state index in [0.29, 0.717) is 11.4 Å². The maximum atomic E-state index is 11.0. The number of carbonyl (C=O) groups is 1. The first-order valence-corrected chi connectivity index (χ1v) is 8.43. The predicted octanol–water partition coefficient (Wildman–Crippen LogP) is 5.66. The van der Waals surface area contributed by atoms with Gasteiger partial charge in [-0.2, -0.15) is 0 Å². The van der Waals surface area contributed by atoms with Gasteiger partial charge >= 0.3 is 0 Å². The fraction of sp³-hybridized carbons (Fsp3) is 0.450. The lowest BCUT2D eigenvalue weighted by atomic mass is 9.85. The molecular formula is C20H27ClO2. The molecule has 2 atom stereocenters. The van der Waals surface area contributed by atoms with Gasteiger partial charge in [0.25, 0.3) is 0 Å². The Morgan fingerprint density at radius 2 is 1.83 bits per heavy atom. The molecule has 1 aromatic carbocycles. The van der Waals surface area contributed by atoms with Crippen molar-refractivity contribution in [3.63, 3.8) is 0 Å². The number of hydrogen-bond acceptors (Lipinski definition) is 2. The van der Waals surface area contributed by atoms with Gasteiger partial charge in [0.15, 0.2) is 0 Å². The molecular weight excluding hydrogens is 308 g/mol. The molecule has 126 valence electrons. The molecule has 0 bridgehead atoms. The molecule has 0 aliphatic carbocycles. The lowest BCUT2D eigenvalue weighted by Gasteiger charge is -2.24. The zero-order valence-electron chi connectivity index (χ0n) is 14.3. The molecule has 1 rings (SSSR count). The van der Waals surface area contributed by atoms with Crippen molar-refractivity contribution in [1.82, 2.24) is 0 Å². The highest BCUT2D eigenvalue weighted by Crippen LogP contribution is 2.32. The molecule has 1 aromatic rings. The summed E-state index contributed by atoms with van der Waals surface area (Å²) in [5.74, 6) is 0.222. The monoisotopic (exact) mass is 334 g/mol. The zero-order chi connectivity index (χ0) is 17.4. The van der Waals surface area contributed by atoms with E-state index in [1.807, 2.05) is 19.1 Å². The molecule has 3 heteroatoms. The van der Waals surface area contributed by atoms with Crippen molar-refractivity contribution in [2.24, 2.45) is 5.92 Å². The van der Waals surface area contributed by atoms with Gasteiger partial charge in [0.1, 0.15) is 5.78 Å². The van der Waals surface area contributed by atoms with Gasteiger partial charge in [0.05, 0.1) is 6.10 Å². The number of Topliss-reactive ketones (excluding diaryl/α,β-unsaturated/α-hetero) is 1. The van der Waals surface area contributed by atoms with Crippen molar-refractivity contribution in [3.8, 4) is 0 Å². The van der Waals surface area contributed by atoms with Crippen molar-refractivity contribution >= 4 is 17.4 Å². The third-order valence-corrected chi connectivity index (χ3v) is 4.32. The Balaban J connectivity index is 2.66. The second-order valence-electron chi connectivity index (χ2n) is 6.28. The van der Waals surface area contributed by atoms with E-state index in [0.717, 1.165) is 30.4 Å². The Bertz CT molecular complexity index is 558. The van der Waals surface area contributed by atoms with Gasteiger partial charge in [-0.1, -0.05) is 47.5 Å². The summed E-state index contributed by atoms with van der Waals surface area (Å²) in [5.41, 5.74) is 3.09. The Hall–Kier alpha value is -1.38. The summed E-state index contributed by atoms with van der Waals surface area (Å²) in [7, 11) is 0. The highest BCUT2D eigenvalue weighted by atomic mass is 35.5. The Labute approximate surface area is 144 Å². The Kier molecular flexibility index (Phi) is 8.29. The summed E-state index contributed by atoms with van der Waals surface area (Å²) in [4.78, 5) is 11.0. The fourth-order valence-corrected chi connectivity index (χ4v) is 2.70. The molecule has 0 fully saturated rings. The van der Waals surface area contributed by atoms with Crippen LogP contribution in [0.25, 0.3) is 0 Å². The maximum Gasteiger partial charge on any atom is 0.130 e. The number of carbonyl (C=O) groups excluding carboxylic acids is 1. The highest BCUT2D eigenvalue weighted by Gasteiger charge is 2.21. The van der Waals surface area contributed by atoms with Crippen LogP contribution in [0.5, 0.6) is 0 Å². The summed E-state index contributed by atoms with van der Waals surface area (Å²) in [6.07, 6.45) is 4.65. The molecule has 23 heavy (non-hydrogen) atoms. The van der Waals surface area contributed by atoms with Crippen LogP contribution in [0.3, 0.4) is 0 Å². The average molecular weight is 335 g/mol. The highest BCUT2D eigenvalue weighted by molar-refractivity contribution is 6.30. The van der Waals surface area contributed by atoms with E-state index in [1.165, 1.54) is 5.57 Å². The smallest absolute Gasteiger partial charge is 0.130 e. The third kappa shape index (κ3) is 7.15. The van der Waals surface area contributed by atoms with Crippen molar-refractivity contribution in [3.05, 3.63) is 58.7 Å². The molecule has 0 spiro atoms. The van der Waals surface area contributed by atoms with Crippen LogP contribution in [0.15, 0.2) is 48.1 Å². The first-order valence-electron chi connectivity index (χ1n) is 8.05. The summed E-state index contributed by atoms with van der Waals surface area (Å²) < 4.78 is 0. The second kappa shape index (κ2) is 9.69. The van der Waals surface area contributed by atoms with Crippen LogP contribution in [0.2, 0.25) is 5.02 Å². The SMILES string of the molecule is C=C(C)C(CC/C(C)=C/CCC(C)=O)C(O)c1ccc(Cl)cc1. The first kappa shape index (κ1) is 19.7. The van der Waals surface area contributed by atoms with Gasteiger partial charge in [0.2, 0.25) is 0 Å². The molecule has 0 saturated heterocycles. The van der Waals surface area contributed by atoms with Crippen molar-refractivity contribution in [2.45, 2.75) is 52.6 Å². The Morgan fingerprint density at radius 3 is 2.35 bits per heavy atom. The van der Waals surface area contributed by atoms with Gasteiger partial charge in [0, 0.05) is 17.4 Å². The second-order valence-corrected chi connectivity index (χ2v) is 6.72. The van der Waals surface area contributed by atoms with Crippen molar-refractivity contribution in [2.75, 3.05) is 0 Å². The molecule has 0 aliphatic heterocycles. The molecule has 0 amide bonds. The average Bonchev–Trinajstić information content (AvgIpc) is 2.47. The van der Waals surface area contributed by atoms with Gasteiger partial charge in [-0.05, 0) is 57.7 Å². The van der Waals surface area contributed by atoms with E-state index < -0.39 is 6.10 Å². The standard InChI is InChI=1S/C20H27ClO2/c1-14(2)19(13-8-15(3)6-5-7-16(4)22)20(23)17-9-11-18(21)12-10-17/h6,9-12,19-20,23H,1,5,7-8,13H2,2-4H3/b15-6+. The number of ketones is 1. The van der Waals surface area contributed by atoms with Crippen LogP contribution in [-0.4, -0.2) is 10.9 Å². The van der Waals surface area contributed by atoms with Gasteiger partial charge in [-0.15, -0.1) is 0 Å². The van der Waals surface area contributed by atoms with Crippen LogP contribution in [-0.2, 0) is 4.79 Å². The summed E-state index contributed by atoms with van der Waals surface area (Å²) >= 11 is 5.90. The molecule has 2 nitrogen and oxygen atoms in total. The van der Waals surface area contributed by atoms with Crippen LogP contribution in [0, 0.1) is 5.92 Å². The van der Waals surface area contributed by atoms with Crippen LogP contribution in [0.1, 0.15) is 58.1 Å². The lowest BCUT2D eigenvalue weighted by Crippen LogP contribution is -2.14. The largest absolute Gasteiger partial charge is 0.388 e. The van der Waals surface area contributed by atoms with Crippen LogP contribution in [0.4, 0.5) is 0 Å². The van der Waals surface area contributed by atoms with E-state index in [-0.39, 0.29) is 11.7 Å². The molecule has 0 aliphatic rings. The predicted molar refractivity (Wildman–Crippen MR) is 97.6 cm³/mol. The van der Waals surface area contributed by atoms with E-state index in [1.54, 1.807) is 19.1 Å².